The summed E-state index contributed by atoms with van der Waals surface area (Å²) in [4.78, 5) is 15.0. The van der Waals surface area contributed by atoms with E-state index in [2.05, 4.69) is 20.8 Å². The Hall–Kier alpha value is -2.86. The van der Waals surface area contributed by atoms with Crippen LogP contribution in [0.3, 0.4) is 0 Å². The number of hydrogen-bond acceptors (Lipinski definition) is 1. The first-order chi connectivity index (χ1) is 17.3. The van der Waals surface area contributed by atoms with Crippen molar-refractivity contribution in [1.29, 1.82) is 0 Å². The highest BCUT2D eigenvalue weighted by atomic mass is 35.5. The molecule has 1 aliphatic rings. The summed E-state index contributed by atoms with van der Waals surface area (Å²) in [6.45, 7) is 6.78. The monoisotopic (exact) mass is 531 g/mol. The molecule has 37 heavy (non-hydrogen) atoms. The Morgan fingerprint density at radius 2 is 1.57 bits per heavy atom. The number of nitrogens with zero attached hydrogens (tertiary/aromatic N) is 1. The first-order valence-corrected chi connectivity index (χ1v) is 12.7. The summed E-state index contributed by atoms with van der Waals surface area (Å²) >= 11 is 5.96. The maximum absolute atomic E-state index is 14.2. The minimum Gasteiger partial charge on any atom is -0.334 e. The van der Waals surface area contributed by atoms with Gasteiger partial charge in [0.05, 0.1) is 5.56 Å². The topological polar surface area (TPSA) is 20.3 Å². The highest BCUT2D eigenvalue weighted by molar-refractivity contribution is 6.31. The summed E-state index contributed by atoms with van der Waals surface area (Å²) < 4.78 is 54.4. The molecule has 3 aromatic carbocycles. The number of carbonyl (C=O) groups excluding carboxylic acids is 1. The Bertz CT molecular complexity index is 1270. The maximum atomic E-state index is 14.2. The number of halogens is 5. The first kappa shape index (κ1) is 27.2. The Morgan fingerprint density at radius 1 is 0.919 bits per heavy atom. The number of amides is 1. The number of carbonyl (C=O) groups is 1. The van der Waals surface area contributed by atoms with Gasteiger partial charge < -0.3 is 4.90 Å². The van der Waals surface area contributed by atoms with E-state index >= 15 is 0 Å². The van der Waals surface area contributed by atoms with E-state index in [9.17, 15) is 22.4 Å². The third kappa shape index (κ3) is 6.92. The summed E-state index contributed by atoms with van der Waals surface area (Å²) in [7, 11) is 0. The molecule has 1 saturated carbocycles. The molecule has 0 N–H and O–H groups in total. The molecule has 0 spiro atoms. The van der Waals surface area contributed by atoms with Crippen LogP contribution in [0.1, 0.15) is 77.7 Å². The Labute approximate surface area is 220 Å². The largest absolute Gasteiger partial charge is 0.416 e. The van der Waals surface area contributed by atoms with Gasteiger partial charge in [-0.1, -0.05) is 68.8 Å². The van der Waals surface area contributed by atoms with Crippen LogP contribution in [0.4, 0.5) is 17.6 Å². The van der Waals surface area contributed by atoms with Crippen molar-refractivity contribution in [1.82, 2.24) is 4.90 Å². The fourth-order valence-corrected chi connectivity index (χ4v) is 4.60. The first-order valence-electron chi connectivity index (χ1n) is 12.4. The lowest BCUT2D eigenvalue weighted by Gasteiger charge is -2.25. The molecule has 0 heterocycles. The van der Waals surface area contributed by atoms with Crippen LogP contribution in [0.25, 0.3) is 0 Å². The Morgan fingerprint density at radius 3 is 2.16 bits per heavy atom. The molecule has 1 aliphatic carbocycles. The van der Waals surface area contributed by atoms with E-state index in [0.29, 0.717) is 12.0 Å². The number of benzene rings is 3. The molecule has 0 radical (unpaired) electrons. The Balaban J connectivity index is 1.61. The van der Waals surface area contributed by atoms with E-state index in [0.717, 1.165) is 41.7 Å². The molecule has 0 saturated heterocycles. The van der Waals surface area contributed by atoms with Crippen molar-refractivity contribution in [3.8, 4) is 0 Å². The molecule has 7 heteroatoms. The molecule has 2 nitrogen and oxygen atoms in total. The lowest BCUT2D eigenvalue weighted by atomic mass is 9.87. The van der Waals surface area contributed by atoms with Gasteiger partial charge in [0.25, 0.3) is 5.91 Å². The lowest BCUT2D eigenvalue weighted by molar-refractivity contribution is -0.137. The van der Waals surface area contributed by atoms with Gasteiger partial charge in [-0.05, 0) is 77.1 Å². The van der Waals surface area contributed by atoms with Gasteiger partial charge in [-0.3, -0.25) is 4.79 Å². The van der Waals surface area contributed by atoms with E-state index in [1.807, 2.05) is 30.3 Å². The van der Waals surface area contributed by atoms with Crippen LogP contribution in [0.15, 0.2) is 60.7 Å². The highest BCUT2D eigenvalue weighted by Crippen LogP contribution is 2.41. The normalized spacial score (nSPS) is 14.1. The van der Waals surface area contributed by atoms with Gasteiger partial charge >= 0.3 is 6.18 Å². The van der Waals surface area contributed by atoms with Gasteiger partial charge in [-0.2, -0.15) is 13.2 Å². The van der Waals surface area contributed by atoms with Gasteiger partial charge in [0.1, 0.15) is 5.82 Å². The van der Waals surface area contributed by atoms with Crippen LogP contribution < -0.4 is 0 Å². The molecule has 0 unspecified atom stereocenters. The minimum absolute atomic E-state index is 0.0370. The summed E-state index contributed by atoms with van der Waals surface area (Å²) in [5.74, 6) is -0.527. The zero-order chi connectivity index (χ0) is 27.0. The van der Waals surface area contributed by atoms with Crippen LogP contribution in [0.2, 0.25) is 5.02 Å². The lowest BCUT2D eigenvalue weighted by Crippen LogP contribution is -2.33. The average Bonchev–Trinajstić information content (AvgIpc) is 3.66. The van der Waals surface area contributed by atoms with Crippen molar-refractivity contribution in [2.24, 2.45) is 0 Å². The van der Waals surface area contributed by atoms with Crippen molar-refractivity contribution in [2.75, 3.05) is 6.54 Å². The van der Waals surface area contributed by atoms with E-state index in [-0.39, 0.29) is 40.8 Å². The summed E-state index contributed by atoms with van der Waals surface area (Å²) in [5, 5.41) is -0.153. The van der Waals surface area contributed by atoms with Crippen LogP contribution >= 0.6 is 11.6 Å². The molecule has 0 aromatic heterocycles. The smallest absolute Gasteiger partial charge is 0.334 e. The summed E-state index contributed by atoms with van der Waals surface area (Å²) in [6.07, 6.45) is -2.25. The van der Waals surface area contributed by atoms with Crippen LogP contribution in [0, 0.1) is 5.82 Å². The highest BCUT2D eigenvalue weighted by Gasteiger charge is 2.32. The second-order valence-electron chi connectivity index (χ2n) is 10.8. The molecule has 4 rings (SSSR count). The third-order valence-corrected chi connectivity index (χ3v) is 6.92. The second-order valence-corrected chi connectivity index (χ2v) is 11.2. The van der Waals surface area contributed by atoms with Crippen molar-refractivity contribution in [3.05, 3.63) is 105 Å². The molecule has 0 aliphatic heterocycles. The third-order valence-electron chi connectivity index (χ3n) is 6.70. The van der Waals surface area contributed by atoms with E-state index < -0.39 is 17.6 Å². The SMILES string of the molecule is CC(C)(C)c1ccc(CN(CCc2ccc(F)c(C3CC3)c2)C(=O)c2cc(Cl)cc(C(F)(F)F)c2)cc1. The number of rotatable bonds is 7. The molecular formula is C30H30ClF4NO. The molecule has 1 amide bonds. The minimum atomic E-state index is -4.62. The van der Waals surface area contributed by atoms with E-state index in [4.69, 9.17) is 11.6 Å². The van der Waals surface area contributed by atoms with Crippen molar-refractivity contribution in [2.45, 2.75) is 64.1 Å². The molecule has 0 atom stereocenters. The van der Waals surface area contributed by atoms with Crippen LogP contribution in [0.5, 0.6) is 0 Å². The van der Waals surface area contributed by atoms with Crippen molar-refractivity contribution >= 4 is 17.5 Å². The fourth-order valence-electron chi connectivity index (χ4n) is 4.36. The quantitative estimate of drug-likeness (QED) is 0.280. The molecule has 1 fully saturated rings. The number of hydrogen-bond donors (Lipinski definition) is 0. The predicted molar refractivity (Wildman–Crippen MR) is 138 cm³/mol. The zero-order valence-corrected chi connectivity index (χ0v) is 21.9. The predicted octanol–water partition coefficient (Wildman–Crippen LogP) is 8.56. The van der Waals surface area contributed by atoms with Gasteiger partial charge in [-0.25, -0.2) is 4.39 Å². The average molecular weight is 532 g/mol. The van der Waals surface area contributed by atoms with Crippen molar-refractivity contribution < 1.29 is 22.4 Å². The molecule has 3 aromatic rings. The zero-order valence-electron chi connectivity index (χ0n) is 21.1. The van der Waals surface area contributed by atoms with E-state index in [1.54, 1.807) is 6.07 Å². The van der Waals surface area contributed by atoms with Gasteiger partial charge in [0.2, 0.25) is 0 Å². The molecule has 0 bridgehead atoms. The standard InChI is InChI=1S/C30H30ClF4NO/c1-29(2,3)23-9-4-20(5-10-23)18-36(13-12-19-6-11-27(32)26(14-19)21-7-8-21)28(37)22-15-24(30(33,34)35)17-25(31)16-22/h4-6,9-11,14-17,21H,7-8,12-13,18H2,1-3H3. The Kier molecular flexibility index (Phi) is 7.70. The summed E-state index contributed by atoms with van der Waals surface area (Å²) in [6, 6.07) is 15.8. The van der Waals surface area contributed by atoms with E-state index in [1.165, 1.54) is 17.0 Å². The molecular weight excluding hydrogens is 502 g/mol. The fraction of sp³-hybridized carbons (Fsp3) is 0.367. The maximum Gasteiger partial charge on any atom is 0.416 e. The van der Waals surface area contributed by atoms with Crippen molar-refractivity contribution in [3.63, 3.8) is 0 Å². The second kappa shape index (κ2) is 10.5. The van der Waals surface area contributed by atoms with Gasteiger partial charge in [0, 0.05) is 23.7 Å². The molecule has 196 valence electrons. The number of alkyl halides is 3. The van der Waals surface area contributed by atoms with Gasteiger partial charge in [-0.15, -0.1) is 0 Å². The van der Waals surface area contributed by atoms with Gasteiger partial charge in [0.15, 0.2) is 0 Å². The summed E-state index contributed by atoms with van der Waals surface area (Å²) in [5.41, 5.74) is 2.44. The van der Waals surface area contributed by atoms with Crippen LogP contribution in [-0.4, -0.2) is 17.4 Å². The van der Waals surface area contributed by atoms with Crippen LogP contribution in [-0.2, 0) is 24.6 Å².